The lowest BCUT2D eigenvalue weighted by Gasteiger charge is -2.37. The molecule has 42 heavy (non-hydrogen) atoms. The number of carbonyl (C=O) groups excluding carboxylic acids is 1. The van der Waals surface area contributed by atoms with Crippen LogP contribution in [0.4, 0.5) is 14.6 Å². The van der Waals surface area contributed by atoms with Crippen LogP contribution in [0, 0.1) is 28.4 Å². The third-order valence-electron chi connectivity index (χ3n) is 7.17. The van der Waals surface area contributed by atoms with Gasteiger partial charge in [-0.25, -0.2) is 8.78 Å². The molecule has 4 rings (SSSR count). The molecule has 3 N–H and O–H groups in total. The number of nitrogens with one attached hydrogen (secondary N) is 2. The number of amides is 1. The number of carbonyl (C=O) groups is 1. The molecule has 1 aliphatic heterocycles. The van der Waals surface area contributed by atoms with Crippen LogP contribution in [0.3, 0.4) is 0 Å². The molecular formula is C31H37Cl2F2N5O2. The molecule has 226 valence electrons. The first kappa shape index (κ1) is 33.5. The van der Waals surface area contributed by atoms with E-state index in [0.29, 0.717) is 6.42 Å². The number of rotatable bonds is 7. The lowest BCUT2D eigenvalue weighted by atomic mass is 9.62. The van der Waals surface area contributed by atoms with Crippen molar-refractivity contribution < 1.29 is 18.7 Å². The highest BCUT2D eigenvalue weighted by molar-refractivity contribution is 6.31. The van der Waals surface area contributed by atoms with Gasteiger partial charge in [-0.1, -0.05) is 69.6 Å². The fraction of sp³-hybridized carbons (Fsp3) is 0.452. The molecule has 4 atom stereocenters. The zero-order chi connectivity index (χ0) is 30.3. The summed E-state index contributed by atoms with van der Waals surface area (Å²) in [5.41, 5.74) is -3.12. The highest BCUT2D eigenvalue weighted by atomic mass is 35.5. The van der Waals surface area contributed by atoms with Crippen molar-refractivity contribution in [1.29, 1.82) is 5.26 Å². The molecule has 0 radical (unpaired) electrons. The van der Waals surface area contributed by atoms with Crippen LogP contribution in [0.2, 0.25) is 10.0 Å². The first-order valence-corrected chi connectivity index (χ1v) is 13.9. The molecular weight excluding hydrogens is 583 g/mol. The highest BCUT2D eigenvalue weighted by Crippen LogP contribution is 2.52. The third kappa shape index (κ3) is 6.78. The zero-order valence-corrected chi connectivity index (χ0v) is 25.0. The van der Waals surface area contributed by atoms with Crippen LogP contribution in [-0.4, -0.2) is 38.5 Å². The van der Waals surface area contributed by atoms with E-state index in [1.54, 1.807) is 26.1 Å². The van der Waals surface area contributed by atoms with E-state index in [2.05, 4.69) is 21.8 Å². The van der Waals surface area contributed by atoms with Gasteiger partial charge in [-0.05, 0) is 49.4 Å². The van der Waals surface area contributed by atoms with Crippen molar-refractivity contribution in [3.63, 3.8) is 0 Å². The third-order valence-corrected chi connectivity index (χ3v) is 7.70. The number of nitrogens with zero attached hydrogens (tertiary/aromatic N) is 3. The maximum absolute atomic E-state index is 15.7. The summed E-state index contributed by atoms with van der Waals surface area (Å²) < 4.78 is 32.9. The Morgan fingerprint density at radius 1 is 1.19 bits per heavy atom. The van der Waals surface area contributed by atoms with Gasteiger partial charge in [0.1, 0.15) is 17.0 Å². The molecule has 7 nitrogen and oxygen atoms in total. The molecule has 2 heterocycles. The van der Waals surface area contributed by atoms with Gasteiger partial charge in [0.15, 0.2) is 5.82 Å². The molecule has 2 aromatic carbocycles. The fourth-order valence-corrected chi connectivity index (χ4v) is 6.01. The lowest BCUT2D eigenvalue weighted by Crippen LogP contribution is -2.45. The van der Waals surface area contributed by atoms with Crippen LogP contribution in [-0.2, 0) is 16.8 Å². The molecule has 0 unspecified atom stereocenters. The molecule has 0 bridgehead atoms. The van der Waals surface area contributed by atoms with Crippen molar-refractivity contribution in [2.24, 2.45) is 5.41 Å². The van der Waals surface area contributed by atoms with Gasteiger partial charge in [-0.3, -0.25) is 9.48 Å². The van der Waals surface area contributed by atoms with Gasteiger partial charge in [0, 0.05) is 34.8 Å². The summed E-state index contributed by atoms with van der Waals surface area (Å²) in [6.45, 7) is 9.34. The number of hydrogen-bond acceptors (Lipinski definition) is 5. The lowest BCUT2D eigenvalue weighted by molar-refractivity contribution is -0.118. The quantitative estimate of drug-likeness (QED) is 0.269. The van der Waals surface area contributed by atoms with Crippen LogP contribution in [0.5, 0.6) is 0 Å². The van der Waals surface area contributed by atoms with E-state index in [0.717, 1.165) is 6.07 Å². The predicted octanol–water partition coefficient (Wildman–Crippen LogP) is 6.84. The highest BCUT2D eigenvalue weighted by Gasteiger charge is 2.61. The van der Waals surface area contributed by atoms with E-state index >= 15 is 8.78 Å². The number of aliphatic hydroxyl groups is 1. The Kier molecular flexibility index (Phi) is 9.80. The monoisotopic (exact) mass is 619 g/mol. The number of aromatic nitrogens is 2. The number of halogens is 4. The molecule has 0 spiro atoms. The van der Waals surface area contributed by atoms with E-state index < -0.39 is 46.6 Å². The van der Waals surface area contributed by atoms with Gasteiger partial charge < -0.3 is 15.7 Å². The second-order valence-corrected chi connectivity index (χ2v) is 13.2. The molecule has 1 aliphatic rings. The number of nitriles is 1. The normalized spacial score (nSPS) is 22.4. The van der Waals surface area contributed by atoms with E-state index in [1.165, 1.54) is 35.0 Å². The second kappa shape index (κ2) is 12.3. The average Bonchev–Trinajstić information content (AvgIpc) is 3.40. The summed E-state index contributed by atoms with van der Waals surface area (Å²) in [5.74, 6) is -3.11. The minimum Gasteiger partial charge on any atom is -0.389 e. The largest absolute Gasteiger partial charge is 0.389 e. The predicted molar refractivity (Wildman–Crippen MR) is 162 cm³/mol. The van der Waals surface area contributed by atoms with Crippen molar-refractivity contribution in [3.05, 3.63) is 81.5 Å². The topological polar surface area (TPSA) is 103 Å². The van der Waals surface area contributed by atoms with Crippen LogP contribution in [0.1, 0.15) is 65.5 Å². The summed E-state index contributed by atoms with van der Waals surface area (Å²) in [6.07, 6.45) is 1.96. The van der Waals surface area contributed by atoms with Crippen molar-refractivity contribution in [3.8, 4) is 6.07 Å². The fourth-order valence-electron chi connectivity index (χ4n) is 5.67. The molecule has 0 saturated carbocycles. The Morgan fingerprint density at radius 2 is 1.88 bits per heavy atom. The van der Waals surface area contributed by atoms with Crippen LogP contribution in [0.15, 0.2) is 48.7 Å². The second-order valence-electron chi connectivity index (χ2n) is 12.4. The summed E-state index contributed by atoms with van der Waals surface area (Å²) in [5, 5.41) is 31.3. The summed E-state index contributed by atoms with van der Waals surface area (Å²) in [4.78, 5) is 13.9. The Balaban J connectivity index is 0.00000484. The number of benzene rings is 2. The summed E-state index contributed by atoms with van der Waals surface area (Å²) in [7, 11) is 0. The first-order chi connectivity index (χ1) is 19.1. The maximum Gasteiger partial charge on any atom is 0.243 e. The molecule has 1 saturated heterocycles. The molecule has 1 aromatic heterocycles. The molecule has 3 aromatic rings. The molecule has 11 heteroatoms. The first-order valence-electron chi connectivity index (χ1n) is 13.2. The van der Waals surface area contributed by atoms with Gasteiger partial charge in [-0.2, -0.15) is 10.4 Å². The Morgan fingerprint density at radius 3 is 2.48 bits per heavy atom. The zero-order valence-electron chi connectivity index (χ0n) is 23.5. The Bertz CT molecular complexity index is 1490. The minimum atomic E-state index is -1.73. The van der Waals surface area contributed by atoms with Crippen LogP contribution >= 0.6 is 23.2 Å². The van der Waals surface area contributed by atoms with E-state index in [1.807, 2.05) is 20.8 Å². The van der Waals surface area contributed by atoms with Crippen molar-refractivity contribution in [1.82, 2.24) is 15.1 Å². The smallest absolute Gasteiger partial charge is 0.243 e. The van der Waals surface area contributed by atoms with Crippen molar-refractivity contribution >= 4 is 34.9 Å². The van der Waals surface area contributed by atoms with Crippen LogP contribution in [0.25, 0.3) is 0 Å². The van der Waals surface area contributed by atoms with Gasteiger partial charge in [0.25, 0.3) is 0 Å². The number of anilines is 1. The Labute approximate surface area is 255 Å². The van der Waals surface area contributed by atoms with Gasteiger partial charge in [-0.15, -0.1) is 0 Å². The van der Waals surface area contributed by atoms with Gasteiger partial charge in [0.2, 0.25) is 5.91 Å². The number of hydrogen-bond donors (Lipinski definition) is 3. The van der Waals surface area contributed by atoms with Crippen LogP contribution < -0.4 is 10.6 Å². The summed E-state index contributed by atoms with van der Waals surface area (Å²) in [6, 6.07) is 10.3. The molecule has 1 amide bonds. The van der Waals surface area contributed by atoms with Crippen molar-refractivity contribution in [2.45, 2.75) is 84.0 Å². The molecule has 1 fully saturated rings. The standard InChI is InChI=1S/C30H33Cl2F2N5O2.CH4/c1-28(2,3)14-22-30(15-35,19-10-9-17(31)13-21(19)33)24(18-7-6-8-20(32)25(18)34)26(36-22)27(40)37-23-11-12-39(38-23)16-29(4,5)41;/h6-13,22,24,26,36,41H,14,16H2,1-5H3,(H,37,38,40);1H4/t22-,24-,26+,30-;/m0./s1. The van der Waals surface area contributed by atoms with Crippen molar-refractivity contribution in [2.75, 3.05) is 5.32 Å². The maximum atomic E-state index is 15.7. The summed E-state index contributed by atoms with van der Waals surface area (Å²) >= 11 is 12.2. The van der Waals surface area contributed by atoms with E-state index in [4.69, 9.17) is 23.2 Å². The van der Waals surface area contributed by atoms with E-state index in [-0.39, 0.29) is 46.4 Å². The van der Waals surface area contributed by atoms with Gasteiger partial charge >= 0.3 is 0 Å². The minimum absolute atomic E-state index is 0. The average molecular weight is 621 g/mol. The Hall–Kier alpha value is -3.03. The van der Waals surface area contributed by atoms with E-state index in [9.17, 15) is 15.2 Å². The van der Waals surface area contributed by atoms with Gasteiger partial charge in [0.05, 0.1) is 29.3 Å². The SMILES string of the molecule is C.CC(C)(C)C[C@@H]1N[C@@H](C(=O)Nc2ccn(CC(C)(C)O)n2)[C@H](c2cccc(Cl)c2F)[C@@]1(C#N)c1ccc(Cl)cc1F. The molecule has 0 aliphatic carbocycles.